The highest BCUT2D eigenvalue weighted by Gasteiger charge is 2.17. The lowest BCUT2D eigenvalue weighted by atomic mass is 9.95. The van der Waals surface area contributed by atoms with Crippen LogP contribution in [0.5, 0.6) is 0 Å². The molecule has 6 nitrogen and oxygen atoms in total. The SMILES string of the molecule is O=C(COC(=O)c1cc[n+]([O-])cc1)NC1CCCCC1. The summed E-state index contributed by atoms with van der Waals surface area (Å²) in [6, 6.07) is 2.91. The van der Waals surface area contributed by atoms with Crippen molar-refractivity contribution in [1.29, 1.82) is 0 Å². The predicted molar refractivity (Wildman–Crippen MR) is 70.7 cm³/mol. The molecule has 1 fully saturated rings. The highest BCUT2D eigenvalue weighted by atomic mass is 16.5. The van der Waals surface area contributed by atoms with E-state index in [-0.39, 0.29) is 24.1 Å². The summed E-state index contributed by atoms with van der Waals surface area (Å²) in [5.41, 5.74) is 0.252. The normalized spacial score (nSPS) is 15.6. The molecule has 1 amide bonds. The van der Waals surface area contributed by atoms with Crippen molar-refractivity contribution in [3.63, 3.8) is 0 Å². The number of hydrogen-bond donors (Lipinski definition) is 1. The van der Waals surface area contributed by atoms with Crippen molar-refractivity contribution in [1.82, 2.24) is 5.32 Å². The summed E-state index contributed by atoms with van der Waals surface area (Å²) in [4.78, 5) is 23.3. The van der Waals surface area contributed by atoms with Crippen molar-refractivity contribution in [3.05, 3.63) is 35.3 Å². The molecule has 108 valence electrons. The number of aromatic nitrogens is 1. The van der Waals surface area contributed by atoms with Crippen LogP contribution in [0, 0.1) is 5.21 Å². The van der Waals surface area contributed by atoms with Crippen LogP contribution >= 0.6 is 0 Å². The molecule has 0 aromatic carbocycles. The molecule has 2 rings (SSSR count). The van der Waals surface area contributed by atoms with Crippen LogP contribution in [-0.2, 0) is 9.53 Å². The van der Waals surface area contributed by atoms with E-state index in [0.717, 1.165) is 25.7 Å². The van der Waals surface area contributed by atoms with Gasteiger partial charge >= 0.3 is 5.97 Å². The van der Waals surface area contributed by atoms with Gasteiger partial charge in [0.25, 0.3) is 5.91 Å². The molecule has 20 heavy (non-hydrogen) atoms. The number of hydrogen-bond acceptors (Lipinski definition) is 4. The highest BCUT2D eigenvalue weighted by Crippen LogP contribution is 2.17. The third-order valence-corrected chi connectivity index (χ3v) is 3.34. The van der Waals surface area contributed by atoms with E-state index in [9.17, 15) is 14.8 Å². The van der Waals surface area contributed by atoms with Crippen LogP contribution in [0.25, 0.3) is 0 Å². The molecule has 1 aromatic heterocycles. The highest BCUT2D eigenvalue weighted by molar-refractivity contribution is 5.91. The number of nitrogens with zero attached hydrogens (tertiary/aromatic N) is 1. The summed E-state index contributed by atoms with van der Waals surface area (Å²) in [6.07, 6.45) is 7.87. The van der Waals surface area contributed by atoms with Gasteiger partial charge in [0.1, 0.15) is 0 Å². The Morgan fingerprint density at radius 1 is 1.25 bits per heavy atom. The summed E-state index contributed by atoms with van der Waals surface area (Å²) >= 11 is 0. The van der Waals surface area contributed by atoms with Crippen LogP contribution in [-0.4, -0.2) is 24.5 Å². The van der Waals surface area contributed by atoms with Crippen molar-refractivity contribution in [2.24, 2.45) is 0 Å². The fourth-order valence-corrected chi connectivity index (χ4v) is 2.28. The summed E-state index contributed by atoms with van der Waals surface area (Å²) < 4.78 is 5.48. The molecule has 0 radical (unpaired) electrons. The molecule has 0 aliphatic heterocycles. The Morgan fingerprint density at radius 2 is 1.90 bits per heavy atom. The van der Waals surface area contributed by atoms with E-state index in [0.29, 0.717) is 4.73 Å². The standard InChI is InChI=1S/C14H18N2O4/c17-13(15-12-4-2-1-3-5-12)10-20-14(18)11-6-8-16(19)9-7-11/h6-9,12H,1-5,10H2,(H,15,17). The van der Waals surface area contributed by atoms with E-state index in [1.165, 1.54) is 30.9 Å². The zero-order valence-corrected chi connectivity index (χ0v) is 11.2. The van der Waals surface area contributed by atoms with Crippen LogP contribution in [0.2, 0.25) is 0 Å². The molecule has 6 heteroatoms. The molecule has 0 unspecified atom stereocenters. The molecule has 0 bridgehead atoms. The second-order valence-electron chi connectivity index (χ2n) is 4.93. The number of rotatable bonds is 4. The number of ether oxygens (including phenoxy) is 1. The second kappa shape index (κ2) is 6.88. The van der Waals surface area contributed by atoms with Crippen LogP contribution in [0.4, 0.5) is 0 Å². The molecule has 1 saturated carbocycles. The molecule has 0 atom stereocenters. The van der Waals surface area contributed by atoms with Gasteiger partial charge in [-0.05, 0) is 12.8 Å². The Hall–Kier alpha value is -2.11. The summed E-state index contributed by atoms with van der Waals surface area (Å²) in [5.74, 6) is -0.885. The lowest BCUT2D eigenvalue weighted by molar-refractivity contribution is -0.605. The van der Waals surface area contributed by atoms with Gasteiger partial charge in [0.15, 0.2) is 19.0 Å². The molecule has 1 aliphatic rings. The van der Waals surface area contributed by atoms with Crippen LogP contribution in [0.3, 0.4) is 0 Å². The Balaban J connectivity index is 1.75. The van der Waals surface area contributed by atoms with Gasteiger partial charge in [-0.2, -0.15) is 4.73 Å². The van der Waals surface area contributed by atoms with Gasteiger partial charge in [-0.25, -0.2) is 4.79 Å². The first-order valence-electron chi connectivity index (χ1n) is 6.80. The summed E-state index contributed by atoms with van der Waals surface area (Å²) in [5, 5.41) is 13.7. The van der Waals surface area contributed by atoms with Crippen LogP contribution in [0.15, 0.2) is 24.5 Å². The maximum absolute atomic E-state index is 11.7. The van der Waals surface area contributed by atoms with E-state index < -0.39 is 5.97 Å². The maximum Gasteiger partial charge on any atom is 0.339 e. The van der Waals surface area contributed by atoms with Crippen LogP contribution in [0.1, 0.15) is 42.5 Å². The molecule has 1 aromatic rings. The molecular weight excluding hydrogens is 260 g/mol. The van der Waals surface area contributed by atoms with Gasteiger partial charge in [0, 0.05) is 18.2 Å². The molecule has 0 saturated heterocycles. The molecular formula is C14H18N2O4. The van der Waals surface area contributed by atoms with E-state index in [2.05, 4.69) is 5.32 Å². The van der Waals surface area contributed by atoms with Gasteiger partial charge in [0.2, 0.25) is 0 Å². The van der Waals surface area contributed by atoms with Crippen molar-refractivity contribution in [2.45, 2.75) is 38.1 Å². The fraction of sp³-hybridized carbons (Fsp3) is 0.500. The lowest BCUT2D eigenvalue weighted by Gasteiger charge is -2.22. The Morgan fingerprint density at radius 3 is 2.55 bits per heavy atom. The maximum atomic E-state index is 11.7. The van der Waals surface area contributed by atoms with Crippen molar-refractivity contribution in [2.75, 3.05) is 6.61 Å². The Labute approximate surface area is 117 Å². The molecule has 1 aliphatic carbocycles. The third kappa shape index (κ3) is 4.22. The molecule has 0 spiro atoms. The van der Waals surface area contributed by atoms with Crippen molar-refractivity contribution < 1.29 is 19.1 Å². The Kier molecular flexibility index (Phi) is 4.92. The number of pyridine rings is 1. The first-order chi connectivity index (χ1) is 9.65. The molecule has 1 heterocycles. The second-order valence-corrected chi connectivity index (χ2v) is 4.93. The van der Waals surface area contributed by atoms with Gasteiger partial charge < -0.3 is 15.3 Å². The average Bonchev–Trinajstić information content (AvgIpc) is 2.46. The zero-order chi connectivity index (χ0) is 14.4. The summed E-state index contributed by atoms with van der Waals surface area (Å²) in [7, 11) is 0. The van der Waals surface area contributed by atoms with Gasteiger partial charge in [-0.1, -0.05) is 19.3 Å². The minimum atomic E-state index is -0.607. The lowest BCUT2D eigenvalue weighted by Crippen LogP contribution is -2.38. The number of amides is 1. The fourth-order valence-electron chi connectivity index (χ4n) is 2.28. The number of nitrogens with one attached hydrogen (secondary N) is 1. The van der Waals surface area contributed by atoms with Gasteiger partial charge in [-0.15, -0.1) is 0 Å². The number of carbonyl (C=O) groups excluding carboxylic acids is 2. The first kappa shape index (κ1) is 14.3. The smallest absolute Gasteiger partial charge is 0.339 e. The number of esters is 1. The minimum absolute atomic E-state index is 0.200. The largest absolute Gasteiger partial charge is 0.619 e. The number of carbonyl (C=O) groups is 2. The minimum Gasteiger partial charge on any atom is -0.619 e. The zero-order valence-electron chi connectivity index (χ0n) is 11.2. The Bertz CT molecular complexity index is 467. The van der Waals surface area contributed by atoms with Crippen LogP contribution < -0.4 is 10.0 Å². The van der Waals surface area contributed by atoms with E-state index in [1.807, 2.05) is 0 Å². The topological polar surface area (TPSA) is 82.3 Å². The van der Waals surface area contributed by atoms with Gasteiger partial charge in [0.05, 0.1) is 5.56 Å². The van der Waals surface area contributed by atoms with Gasteiger partial charge in [-0.3, -0.25) is 4.79 Å². The van der Waals surface area contributed by atoms with E-state index in [1.54, 1.807) is 0 Å². The average molecular weight is 278 g/mol. The third-order valence-electron chi connectivity index (χ3n) is 3.34. The van der Waals surface area contributed by atoms with Crippen molar-refractivity contribution >= 4 is 11.9 Å². The monoisotopic (exact) mass is 278 g/mol. The first-order valence-corrected chi connectivity index (χ1v) is 6.80. The van der Waals surface area contributed by atoms with Crippen molar-refractivity contribution in [3.8, 4) is 0 Å². The van der Waals surface area contributed by atoms with E-state index in [4.69, 9.17) is 4.74 Å². The quantitative estimate of drug-likeness (QED) is 0.504. The van der Waals surface area contributed by atoms with E-state index >= 15 is 0 Å². The predicted octanol–water partition coefficient (Wildman–Crippen LogP) is 0.926. The molecule has 1 N–H and O–H groups in total. The summed E-state index contributed by atoms with van der Waals surface area (Å²) in [6.45, 7) is -0.290.